The van der Waals surface area contributed by atoms with E-state index in [1.807, 2.05) is 13.0 Å². The first-order valence-electron chi connectivity index (χ1n) is 6.72. The van der Waals surface area contributed by atoms with Crippen LogP contribution in [-0.4, -0.2) is 12.6 Å². The summed E-state index contributed by atoms with van der Waals surface area (Å²) in [6.45, 7) is 6.54. The first-order valence-corrected chi connectivity index (χ1v) is 7.48. The van der Waals surface area contributed by atoms with Gasteiger partial charge in [-0.1, -0.05) is 49.9 Å². The third-order valence-electron chi connectivity index (χ3n) is 3.81. The van der Waals surface area contributed by atoms with Crippen molar-refractivity contribution in [1.82, 2.24) is 0 Å². The van der Waals surface area contributed by atoms with E-state index in [1.54, 1.807) is 0 Å². The summed E-state index contributed by atoms with van der Waals surface area (Å²) in [6.07, 6.45) is 5.97. The smallest absolute Gasteiger partial charge is 0.310 e. The molecule has 4 heteroatoms. The molecule has 0 aromatic rings. The first-order chi connectivity index (χ1) is 8.53. The molecule has 0 aliphatic heterocycles. The summed E-state index contributed by atoms with van der Waals surface area (Å²) in [5.74, 6) is -0.0264. The lowest BCUT2D eigenvalue weighted by Gasteiger charge is -2.15. The lowest BCUT2D eigenvalue weighted by Crippen LogP contribution is -2.14. The molecule has 18 heavy (non-hydrogen) atoms. The molecule has 0 spiro atoms. The Bertz CT molecular complexity index is 316. The van der Waals surface area contributed by atoms with Crippen LogP contribution in [0.5, 0.6) is 0 Å². The van der Waals surface area contributed by atoms with Crippen LogP contribution in [0, 0.1) is 17.3 Å². The summed E-state index contributed by atoms with van der Waals surface area (Å²) in [6, 6.07) is 0. The average Bonchev–Trinajstić information content (AvgIpc) is 2.86. The molecule has 1 aliphatic carbocycles. The van der Waals surface area contributed by atoms with Gasteiger partial charge in [0.1, 0.15) is 4.49 Å². The van der Waals surface area contributed by atoms with E-state index in [9.17, 15) is 4.79 Å². The highest BCUT2D eigenvalue weighted by molar-refractivity contribution is 6.55. The molecule has 1 saturated carbocycles. The molecule has 1 rings (SSSR count). The Balaban J connectivity index is 2.90. The predicted octanol–water partition coefficient (Wildman–Crippen LogP) is 4.70. The van der Waals surface area contributed by atoms with Gasteiger partial charge in [-0.05, 0) is 37.2 Å². The fourth-order valence-corrected chi connectivity index (χ4v) is 3.51. The quantitative estimate of drug-likeness (QED) is 0.636. The molecule has 0 aromatic heterocycles. The summed E-state index contributed by atoms with van der Waals surface area (Å²) in [7, 11) is 0. The number of rotatable bonds is 7. The zero-order valence-electron chi connectivity index (χ0n) is 11.3. The Morgan fingerprint density at radius 1 is 1.22 bits per heavy atom. The van der Waals surface area contributed by atoms with Crippen LogP contribution in [0.1, 0.15) is 46.5 Å². The van der Waals surface area contributed by atoms with Gasteiger partial charge >= 0.3 is 5.97 Å². The average molecular weight is 293 g/mol. The highest BCUT2D eigenvalue weighted by Gasteiger charge is 2.66. The SMILES string of the molecule is CCCC1(CCC)C(C=C(Cl)Cl)C1C(=O)OCC. The van der Waals surface area contributed by atoms with Crippen molar-refractivity contribution >= 4 is 29.2 Å². The molecule has 2 nitrogen and oxygen atoms in total. The summed E-state index contributed by atoms with van der Waals surface area (Å²) >= 11 is 11.5. The lowest BCUT2D eigenvalue weighted by molar-refractivity contribution is -0.145. The van der Waals surface area contributed by atoms with E-state index in [0.717, 1.165) is 25.7 Å². The van der Waals surface area contributed by atoms with E-state index >= 15 is 0 Å². The van der Waals surface area contributed by atoms with E-state index in [2.05, 4.69) is 13.8 Å². The van der Waals surface area contributed by atoms with Crippen molar-refractivity contribution in [2.75, 3.05) is 6.61 Å². The predicted molar refractivity (Wildman–Crippen MR) is 75.7 cm³/mol. The minimum Gasteiger partial charge on any atom is -0.466 e. The molecule has 2 unspecified atom stereocenters. The first kappa shape index (κ1) is 15.8. The van der Waals surface area contributed by atoms with Gasteiger partial charge in [0, 0.05) is 0 Å². The number of halogens is 2. The van der Waals surface area contributed by atoms with Crippen molar-refractivity contribution in [3.8, 4) is 0 Å². The van der Waals surface area contributed by atoms with Crippen LogP contribution in [0.2, 0.25) is 0 Å². The molecule has 104 valence electrons. The van der Waals surface area contributed by atoms with Crippen molar-refractivity contribution in [3.05, 3.63) is 10.6 Å². The second kappa shape index (κ2) is 6.81. The number of ether oxygens (including phenoxy) is 1. The van der Waals surface area contributed by atoms with Gasteiger partial charge in [-0.25, -0.2) is 0 Å². The van der Waals surface area contributed by atoms with Crippen LogP contribution in [0.4, 0.5) is 0 Å². The Hall–Kier alpha value is -0.210. The van der Waals surface area contributed by atoms with Crippen molar-refractivity contribution in [3.63, 3.8) is 0 Å². The molecule has 0 amide bonds. The minimum absolute atomic E-state index is 0.0186. The van der Waals surface area contributed by atoms with Crippen molar-refractivity contribution in [2.45, 2.75) is 46.5 Å². The molecule has 0 saturated heterocycles. The molecular formula is C14H22Cl2O2. The molecule has 0 N–H and O–H groups in total. The van der Waals surface area contributed by atoms with E-state index in [0.29, 0.717) is 6.61 Å². The normalized spacial score (nSPS) is 24.5. The Morgan fingerprint density at radius 2 is 1.78 bits per heavy atom. The summed E-state index contributed by atoms with van der Waals surface area (Å²) in [4.78, 5) is 12.0. The molecule has 1 aliphatic rings. The van der Waals surface area contributed by atoms with Crippen molar-refractivity contribution < 1.29 is 9.53 Å². The molecule has 2 atom stereocenters. The highest BCUT2D eigenvalue weighted by Crippen LogP contribution is 2.66. The number of hydrogen-bond acceptors (Lipinski definition) is 2. The molecule has 1 fully saturated rings. The fourth-order valence-electron chi connectivity index (χ4n) is 3.24. The van der Waals surface area contributed by atoms with Crippen LogP contribution in [0.25, 0.3) is 0 Å². The lowest BCUT2D eigenvalue weighted by atomic mass is 9.90. The summed E-state index contributed by atoms with van der Waals surface area (Å²) in [5.41, 5.74) is 0.0186. The summed E-state index contributed by atoms with van der Waals surface area (Å²) in [5, 5.41) is 0. The van der Waals surface area contributed by atoms with Gasteiger partial charge in [-0.15, -0.1) is 0 Å². The van der Waals surface area contributed by atoms with Crippen LogP contribution in [-0.2, 0) is 9.53 Å². The molecule has 0 bridgehead atoms. The molecule has 0 aromatic carbocycles. The number of hydrogen-bond donors (Lipinski definition) is 0. The van der Waals surface area contributed by atoms with Crippen molar-refractivity contribution in [1.29, 1.82) is 0 Å². The molecular weight excluding hydrogens is 271 g/mol. The van der Waals surface area contributed by atoms with Crippen LogP contribution in [0.3, 0.4) is 0 Å². The van der Waals surface area contributed by atoms with Crippen LogP contribution in [0.15, 0.2) is 10.6 Å². The van der Waals surface area contributed by atoms with Crippen LogP contribution < -0.4 is 0 Å². The minimum atomic E-state index is -0.102. The van der Waals surface area contributed by atoms with Gasteiger partial charge in [0.15, 0.2) is 0 Å². The van der Waals surface area contributed by atoms with E-state index in [-0.39, 0.29) is 27.7 Å². The van der Waals surface area contributed by atoms with Gasteiger partial charge < -0.3 is 4.74 Å². The maximum absolute atomic E-state index is 12.0. The number of carbonyl (C=O) groups is 1. The van der Waals surface area contributed by atoms with Crippen LogP contribution >= 0.6 is 23.2 Å². The standard InChI is InChI=1S/C14H22Cl2O2/c1-4-7-14(8-5-2)10(9-11(15)16)12(14)13(17)18-6-3/h9-10,12H,4-8H2,1-3H3. The second-order valence-electron chi connectivity index (χ2n) is 4.94. The van der Waals surface area contributed by atoms with Gasteiger partial charge in [0.25, 0.3) is 0 Å². The van der Waals surface area contributed by atoms with Gasteiger partial charge in [-0.3, -0.25) is 4.79 Å². The van der Waals surface area contributed by atoms with Gasteiger partial charge in [-0.2, -0.15) is 0 Å². The Morgan fingerprint density at radius 3 is 2.17 bits per heavy atom. The Kier molecular flexibility index (Phi) is 6.00. The number of carbonyl (C=O) groups excluding carboxylic acids is 1. The topological polar surface area (TPSA) is 26.3 Å². The fraction of sp³-hybridized carbons (Fsp3) is 0.786. The molecule has 0 heterocycles. The number of esters is 1. The van der Waals surface area contributed by atoms with Crippen molar-refractivity contribution in [2.24, 2.45) is 17.3 Å². The van der Waals surface area contributed by atoms with Gasteiger partial charge in [0.2, 0.25) is 0 Å². The maximum atomic E-state index is 12.0. The Labute approximate surface area is 120 Å². The van der Waals surface area contributed by atoms with Gasteiger partial charge in [0.05, 0.1) is 12.5 Å². The third-order valence-corrected chi connectivity index (χ3v) is 4.06. The summed E-state index contributed by atoms with van der Waals surface area (Å²) < 4.78 is 5.42. The van der Waals surface area contributed by atoms with E-state index in [4.69, 9.17) is 27.9 Å². The molecule has 0 radical (unpaired) electrons. The number of allylic oxidation sites excluding steroid dienone is 1. The van der Waals surface area contributed by atoms with E-state index < -0.39 is 0 Å². The zero-order valence-corrected chi connectivity index (χ0v) is 12.9. The zero-order chi connectivity index (χ0) is 13.8. The van der Waals surface area contributed by atoms with E-state index in [1.165, 1.54) is 0 Å². The highest BCUT2D eigenvalue weighted by atomic mass is 35.5. The second-order valence-corrected chi connectivity index (χ2v) is 5.95. The monoisotopic (exact) mass is 292 g/mol. The third kappa shape index (κ3) is 3.21. The largest absolute Gasteiger partial charge is 0.466 e. The maximum Gasteiger partial charge on any atom is 0.310 e.